The lowest BCUT2D eigenvalue weighted by Gasteiger charge is -2.08. The molecular weight excluding hydrogens is 431 g/mol. The van der Waals surface area contributed by atoms with Crippen molar-refractivity contribution in [3.8, 4) is 11.3 Å². The minimum absolute atomic E-state index is 0.256. The zero-order valence-corrected chi connectivity index (χ0v) is 17.3. The van der Waals surface area contributed by atoms with Crippen LogP contribution in [0.4, 0.5) is 0 Å². The quantitative estimate of drug-likeness (QED) is 0.452. The molecule has 0 aliphatic carbocycles. The minimum atomic E-state index is -0.256. The highest BCUT2D eigenvalue weighted by molar-refractivity contribution is 6.35. The monoisotopic (exact) mass is 444 g/mol. The Morgan fingerprint density at radius 1 is 1.03 bits per heavy atom. The average molecular weight is 446 g/mol. The molecule has 8 heteroatoms. The number of fused-ring (bicyclic) bond motifs is 1. The molecule has 2 aromatic carbocycles. The molecule has 4 rings (SSSR count). The fraction of sp³-hybridized carbons (Fsp3) is 0.0952. The lowest BCUT2D eigenvalue weighted by atomic mass is 10.1. The third-order valence-corrected chi connectivity index (χ3v) is 5.41. The first-order chi connectivity index (χ1) is 14.0. The first-order valence-corrected chi connectivity index (χ1v) is 9.98. The molecule has 1 amide bonds. The van der Waals surface area contributed by atoms with Crippen LogP contribution in [-0.4, -0.2) is 27.0 Å². The maximum atomic E-state index is 12.7. The molecule has 0 spiro atoms. The number of aromatic nitrogens is 3. The van der Waals surface area contributed by atoms with Crippen molar-refractivity contribution in [1.29, 1.82) is 0 Å². The molecule has 0 atom stereocenters. The highest BCUT2D eigenvalue weighted by Crippen LogP contribution is 2.28. The van der Waals surface area contributed by atoms with Crippen LogP contribution in [0.5, 0.6) is 0 Å². The Balaban J connectivity index is 1.54. The summed E-state index contributed by atoms with van der Waals surface area (Å²) in [6.45, 7) is 0.418. The molecule has 2 aromatic heterocycles. The second-order valence-electron chi connectivity index (χ2n) is 6.35. The Kier molecular flexibility index (Phi) is 5.72. The van der Waals surface area contributed by atoms with Gasteiger partial charge in [-0.3, -0.25) is 4.79 Å². The van der Waals surface area contributed by atoms with E-state index < -0.39 is 0 Å². The van der Waals surface area contributed by atoms with Crippen molar-refractivity contribution in [2.45, 2.75) is 6.42 Å². The van der Waals surface area contributed by atoms with Crippen LogP contribution in [0.15, 0.2) is 60.9 Å². The van der Waals surface area contributed by atoms with E-state index in [2.05, 4.69) is 15.4 Å². The number of carbonyl (C=O) groups excluding carboxylic acids is 1. The van der Waals surface area contributed by atoms with Crippen molar-refractivity contribution in [2.75, 3.05) is 6.54 Å². The Morgan fingerprint density at radius 3 is 2.66 bits per heavy atom. The van der Waals surface area contributed by atoms with Gasteiger partial charge in [-0.05, 0) is 36.2 Å². The third-order valence-electron chi connectivity index (χ3n) is 4.49. The average Bonchev–Trinajstić information content (AvgIpc) is 3.14. The molecule has 0 unspecified atom stereocenters. The molecular formula is C21H15Cl3N4O. The van der Waals surface area contributed by atoms with Crippen LogP contribution < -0.4 is 5.32 Å². The molecule has 0 bridgehead atoms. The van der Waals surface area contributed by atoms with E-state index in [1.807, 2.05) is 36.4 Å². The van der Waals surface area contributed by atoms with Gasteiger partial charge < -0.3 is 5.32 Å². The molecule has 1 N–H and O–H groups in total. The summed E-state index contributed by atoms with van der Waals surface area (Å²) in [5.74, 6) is -0.256. The van der Waals surface area contributed by atoms with E-state index in [9.17, 15) is 4.79 Å². The van der Waals surface area contributed by atoms with Gasteiger partial charge >= 0.3 is 0 Å². The van der Waals surface area contributed by atoms with Gasteiger partial charge in [-0.25, -0.2) is 9.50 Å². The van der Waals surface area contributed by atoms with Crippen LogP contribution in [0, 0.1) is 0 Å². The lowest BCUT2D eigenvalue weighted by Crippen LogP contribution is -2.25. The molecule has 0 saturated heterocycles. The second-order valence-corrected chi connectivity index (χ2v) is 7.60. The fourth-order valence-corrected chi connectivity index (χ4v) is 3.79. The van der Waals surface area contributed by atoms with Gasteiger partial charge in [0.05, 0.1) is 11.9 Å². The summed E-state index contributed by atoms with van der Waals surface area (Å²) in [5, 5.41) is 8.99. The Morgan fingerprint density at radius 2 is 1.86 bits per heavy atom. The van der Waals surface area contributed by atoms with Gasteiger partial charge in [0.25, 0.3) is 5.91 Å². The van der Waals surface area contributed by atoms with Gasteiger partial charge in [-0.1, -0.05) is 59.1 Å². The lowest BCUT2D eigenvalue weighted by molar-refractivity contribution is 0.0955. The number of rotatable bonds is 5. The zero-order valence-electron chi connectivity index (χ0n) is 15.1. The summed E-state index contributed by atoms with van der Waals surface area (Å²) in [4.78, 5) is 17.0. The molecule has 0 aliphatic rings. The first kappa shape index (κ1) is 19.7. The van der Waals surface area contributed by atoms with E-state index in [0.29, 0.717) is 39.2 Å². The van der Waals surface area contributed by atoms with Crippen molar-refractivity contribution < 1.29 is 4.79 Å². The number of hydrogen-bond donors (Lipinski definition) is 1. The number of carbonyl (C=O) groups is 1. The molecule has 2 heterocycles. The number of hydrogen-bond acceptors (Lipinski definition) is 3. The van der Waals surface area contributed by atoms with Gasteiger partial charge in [-0.2, -0.15) is 5.10 Å². The second kappa shape index (κ2) is 8.41. The van der Waals surface area contributed by atoms with Gasteiger partial charge in [0.1, 0.15) is 5.56 Å². The largest absolute Gasteiger partial charge is 0.352 e. The molecule has 0 aliphatic heterocycles. The van der Waals surface area contributed by atoms with E-state index in [1.165, 1.54) is 6.20 Å². The normalized spacial score (nSPS) is 11.0. The van der Waals surface area contributed by atoms with Gasteiger partial charge in [0.2, 0.25) is 0 Å². The van der Waals surface area contributed by atoms with Crippen molar-refractivity contribution >= 4 is 46.4 Å². The summed E-state index contributed by atoms with van der Waals surface area (Å²) in [6, 6.07) is 14.6. The molecule has 0 saturated carbocycles. The van der Waals surface area contributed by atoms with Crippen LogP contribution in [0.3, 0.4) is 0 Å². The van der Waals surface area contributed by atoms with Gasteiger partial charge in [-0.15, -0.1) is 0 Å². The van der Waals surface area contributed by atoms with Crippen molar-refractivity contribution in [2.24, 2.45) is 0 Å². The van der Waals surface area contributed by atoms with E-state index in [0.717, 1.165) is 16.8 Å². The summed E-state index contributed by atoms with van der Waals surface area (Å²) >= 11 is 18.4. The SMILES string of the molecule is O=C(NCCc1ccc(Cl)cc1Cl)c1cnn2c(-c3ccccc3Cl)ccnc12. The van der Waals surface area contributed by atoms with E-state index in [1.54, 1.807) is 22.8 Å². The van der Waals surface area contributed by atoms with Crippen molar-refractivity contribution in [3.05, 3.63) is 87.1 Å². The van der Waals surface area contributed by atoms with Crippen LogP contribution in [0.2, 0.25) is 15.1 Å². The summed E-state index contributed by atoms with van der Waals surface area (Å²) in [7, 11) is 0. The summed E-state index contributed by atoms with van der Waals surface area (Å²) in [5.41, 5.74) is 3.34. The third kappa shape index (κ3) is 4.08. The molecule has 146 valence electrons. The van der Waals surface area contributed by atoms with Gasteiger partial charge in [0.15, 0.2) is 5.65 Å². The number of benzene rings is 2. The Bertz CT molecular complexity index is 1210. The van der Waals surface area contributed by atoms with Gasteiger partial charge in [0, 0.05) is 33.4 Å². The molecule has 29 heavy (non-hydrogen) atoms. The maximum Gasteiger partial charge on any atom is 0.256 e. The molecule has 0 fully saturated rings. The van der Waals surface area contributed by atoms with Crippen LogP contribution in [0.25, 0.3) is 16.9 Å². The van der Waals surface area contributed by atoms with E-state index in [4.69, 9.17) is 34.8 Å². The minimum Gasteiger partial charge on any atom is -0.352 e. The smallest absolute Gasteiger partial charge is 0.256 e. The van der Waals surface area contributed by atoms with Crippen LogP contribution >= 0.6 is 34.8 Å². The zero-order chi connectivity index (χ0) is 20.4. The highest BCUT2D eigenvalue weighted by atomic mass is 35.5. The topological polar surface area (TPSA) is 59.3 Å². The predicted octanol–water partition coefficient (Wildman–Crippen LogP) is 5.33. The van der Waals surface area contributed by atoms with E-state index in [-0.39, 0.29) is 5.91 Å². The number of amides is 1. The number of nitrogens with zero attached hydrogens (tertiary/aromatic N) is 3. The number of nitrogens with one attached hydrogen (secondary N) is 1. The van der Waals surface area contributed by atoms with Crippen LogP contribution in [-0.2, 0) is 6.42 Å². The van der Waals surface area contributed by atoms with Crippen LogP contribution in [0.1, 0.15) is 15.9 Å². The highest BCUT2D eigenvalue weighted by Gasteiger charge is 2.17. The predicted molar refractivity (Wildman–Crippen MR) is 116 cm³/mol. The maximum absolute atomic E-state index is 12.7. The summed E-state index contributed by atoms with van der Waals surface area (Å²) in [6.07, 6.45) is 3.73. The van der Waals surface area contributed by atoms with Crippen molar-refractivity contribution in [3.63, 3.8) is 0 Å². The first-order valence-electron chi connectivity index (χ1n) is 8.84. The molecule has 5 nitrogen and oxygen atoms in total. The van der Waals surface area contributed by atoms with E-state index >= 15 is 0 Å². The molecule has 0 radical (unpaired) electrons. The van der Waals surface area contributed by atoms with Crippen molar-refractivity contribution in [1.82, 2.24) is 19.9 Å². The molecule has 4 aromatic rings. The summed E-state index contributed by atoms with van der Waals surface area (Å²) < 4.78 is 1.62. The Hall–Kier alpha value is -2.60. The number of halogens is 3. The fourth-order valence-electron chi connectivity index (χ4n) is 3.05. The Labute approximate surface area is 182 Å². The standard InChI is InChI=1S/C21H15Cl3N4O/c22-14-6-5-13(18(24)11-14)7-9-26-21(29)16-12-27-28-19(8-10-25-20(16)28)15-3-1-2-4-17(15)23/h1-6,8,10-12H,7,9H2,(H,26,29).